The lowest BCUT2D eigenvalue weighted by Gasteiger charge is -2.09. The molecule has 0 radical (unpaired) electrons. The van der Waals surface area contributed by atoms with E-state index in [4.69, 9.17) is 11.6 Å². The highest BCUT2D eigenvalue weighted by atomic mass is 35.5. The molecule has 1 aromatic carbocycles. The minimum atomic E-state index is -3.62. The van der Waals surface area contributed by atoms with E-state index in [9.17, 15) is 8.42 Å². The van der Waals surface area contributed by atoms with E-state index < -0.39 is 10.0 Å². The van der Waals surface area contributed by atoms with Gasteiger partial charge in [-0.25, -0.2) is 17.8 Å². The van der Waals surface area contributed by atoms with Crippen molar-refractivity contribution >= 4 is 27.4 Å². The zero-order valence-corrected chi connectivity index (χ0v) is 17.3. The number of nitrogens with one attached hydrogen (secondary N) is 2. The van der Waals surface area contributed by atoms with Crippen molar-refractivity contribution in [2.24, 2.45) is 0 Å². The summed E-state index contributed by atoms with van der Waals surface area (Å²) in [5, 5.41) is 16.1. The van der Waals surface area contributed by atoms with E-state index >= 15 is 0 Å². The number of aryl methyl sites for hydroxylation is 3. The summed E-state index contributed by atoms with van der Waals surface area (Å²) in [6.07, 6.45) is 0. The lowest BCUT2D eigenvalue weighted by Crippen LogP contribution is -2.29. The Morgan fingerprint density at radius 1 is 1.04 bits per heavy atom. The van der Waals surface area contributed by atoms with Crippen LogP contribution >= 0.6 is 11.6 Å². The van der Waals surface area contributed by atoms with Crippen molar-refractivity contribution in [2.45, 2.75) is 25.7 Å². The molecule has 2 N–H and O–H groups in total. The van der Waals surface area contributed by atoms with E-state index in [1.807, 2.05) is 26.8 Å². The summed E-state index contributed by atoms with van der Waals surface area (Å²) in [5.74, 6) is 1.16. The van der Waals surface area contributed by atoms with Crippen LogP contribution in [0.4, 0.5) is 5.82 Å². The molecule has 0 aliphatic rings. The van der Waals surface area contributed by atoms with Gasteiger partial charge in [-0.15, -0.1) is 10.2 Å². The Bertz CT molecular complexity index is 1080. The predicted octanol–water partition coefficient (Wildman–Crippen LogP) is 2.63. The van der Waals surface area contributed by atoms with Crippen LogP contribution in [-0.2, 0) is 10.0 Å². The average molecular weight is 421 g/mol. The third kappa shape index (κ3) is 4.67. The maximum absolute atomic E-state index is 12.3. The maximum atomic E-state index is 12.3. The average Bonchev–Trinajstić information content (AvgIpc) is 2.99. The first-order valence-corrected chi connectivity index (χ1v) is 10.5. The first kappa shape index (κ1) is 20.2. The van der Waals surface area contributed by atoms with E-state index in [1.54, 1.807) is 22.9 Å². The van der Waals surface area contributed by atoms with Crippen molar-refractivity contribution < 1.29 is 8.42 Å². The molecule has 0 amide bonds. The molecule has 2 aromatic heterocycles. The molecule has 28 heavy (non-hydrogen) atoms. The van der Waals surface area contributed by atoms with Gasteiger partial charge < -0.3 is 5.32 Å². The summed E-state index contributed by atoms with van der Waals surface area (Å²) in [5.41, 5.74) is 2.70. The van der Waals surface area contributed by atoms with E-state index in [0.29, 0.717) is 23.2 Å². The number of sulfonamides is 1. The molecule has 0 bridgehead atoms. The molecule has 148 valence electrons. The van der Waals surface area contributed by atoms with Gasteiger partial charge in [-0.1, -0.05) is 17.7 Å². The molecule has 0 aliphatic heterocycles. The Labute approximate surface area is 169 Å². The van der Waals surface area contributed by atoms with E-state index in [2.05, 4.69) is 25.3 Å². The van der Waals surface area contributed by atoms with Crippen molar-refractivity contribution in [3.63, 3.8) is 0 Å². The van der Waals surface area contributed by atoms with Gasteiger partial charge in [0.25, 0.3) is 0 Å². The molecule has 8 nitrogen and oxygen atoms in total. The Morgan fingerprint density at radius 3 is 2.43 bits per heavy atom. The molecule has 0 unspecified atom stereocenters. The Hall–Kier alpha value is -2.49. The van der Waals surface area contributed by atoms with Crippen LogP contribution in [0.5, 0.6) is 0 Å². The number of nitrogens with zero attached hydrogens (tertiary/aromatic N) is 4. The van der Waals surface area contributed by atoms with Crippen LogP contribution in [0.3, 0.4) is 0 Å². The van der Waals surface area contributed by atoms with E-state index in [0.717, 1.165) is 17.0 Å². The summed E-state index contributed by atoms with van der Waals surface area (Å²) >= 11 is 6.00. The Kier molecular flexibility index (Phi) is 5.97. The highest BCUT2D eigenvalue weighted by Crippen LogP contribution is 2.19. The van der Waals surface area contributed by atoms with Gasteiger partial charge in [0.05, 0.1) is 10.6 Å². The largest absolute Gasteiger partial charge is 0.367 e. The fourth-order valence-corrected chi connectivity index (χ4v) is 3.90. The van der Waals surface area contributed by atoms with Crippen LogP contribution in [0.2, 0.25) is 5.02 Å². The van der Waals surface area contributed by atoms with Crippen LogP contribution in [-0.4, -0.2) is 41.5 Å². The summed E-state index contributed by atoms with van der Waals surface area (Å²) in [4.78, 5) is 0.136. The molecule has 0 atom stereocenters. The van der Waals surface area contributed by atoms with Crippen LogP contribution in [0, 0.1) is 20.8 Å². The number of anilines is 1. The first-order chi connectivity index (χ1) is 13.3. The smallest absolute Gasteiger partial charge is 0.240 e. The summed E-state index contributed by atoms with van der Waals surface area (Å²) < 4.78 is 28.9. The molecule has 0 saturated heterocycles. The van der Waals surface area contributed by atoms with Gasteiger partial charge in [0.2, 0.25) is 10.0 Å². The molecule has 10 heteroatoms. The Balaban J connectivity index is 1.55. The normalized spacial score (nSPS) is 11.6. The highest BCUT2D eigenvalue weighted by molar-refractivity contribution is 7.89. The second-order valence-corrected chi connectivity index (χ2v) is 8.53. The number of hydrogen-bond acceptors (Lipinski definition) is 6. The van der Waals surface area contributed by atoms with Crippen molar-refractivity contribution in [2.75, 3.05) is 18.4 Å². The van der Waals surface area contributed by atoms with Crippen LogP contribution in [0.25, 0.3) is 5.82 Å². The van der Waals surface area contributed by atoms with Gasteiger partial charge >= 0.3 is 0 Å². The van der Waals surface area contributed by atoms with Gasteiger partial charge in [-0.05, 0) is 56.7 Å². The summed E-state index contributed by atoms with van der Waals surface area (Å²) in [7, 11) is -3.62. The maximum Gasteiger partial charge on any atom is 0.240 e. The minimum Gasteiger partial charge on any atom is -0.367 e. The highest BCUT2D eigenvalue weighted by Gasteiger charge is 2.14. The van der Waals surface area contributed by atoms with Crippen LogP contribution in [0.15, 0.2) is 41.3 Å². The lowest BCUT2D eigenvalue weighted by molar-refractivity contribution is 0.583. The zero-order valence-electron chi connectivity index (χ0n) is 15.8. The van der Waals surface area contributed by atoms with Crippen LogP contribution < -0.4 is 10.0 Å². The molecular weight excluding hydrogens is 400 g/mol. The second kappa shape index (κ2) is 8.26. The molecular formula is C18H21ClN6O2S. The first-order valence-electron chi connectivity index (χ1n) is 8.63. The lowest BCUT2D eigenvalue weighted by atomic mass is 10.2. The number of halogens is 1. The molecule has 3 rings (SSSR count). The quantitative estimate of drug-likeness (QED) is 0.570. The van der Waals surface area contributed by atoms with Gasteiger partial charge in [-0.2, -0.15) is 5.10 Å². The molecule has 0 fully saturated rings. The molecule has 3 aromatic rings. The van der Waals surface area contributed by atoms with E-state index in [-0.39, 0.29) is 11.4 Å². The SMILES string of the molecule is Cc1cc(C)n(-c2ccc(NCCNS(=O)(=O)c3ccc(C)c(Cl)c3)nn2)n1. The topological polar surface area (TPSA) is 102 Å². The second-order valence-electron chi connectivity index (χ2n) is 6.35. The summed E-state index contributed by atoms with van der Waals surface area (Å²) in [6, 6.07) is 10.2. The van der Waals surface area contributed by atoms with E-state index in [1.165, 1.54) is 12.1 Å². The third-order valence-corrected chi connectivity index (χ3v) is 5.92. The number of aromatic nitrogens is 4. The minimum absolute atomic E-state index is 0.136. The third-order valence-electron chi connectivity index (χ3n) is 4.05. The molecule has 0 spiro atoms. The molecule has 0 aliphatic carbocycles. The zero-order chi connectivity index (χ0) is 20.3. The Morgan fingerprint density at radius 2 is 1.82 bits per heavy atom. The van der Waals surface area contributed by atoms with Crippen LogP contribution in [0.1, 0.15) is 17.0 Å². The van der Waals surface area contributed by atoms with Crippen molar-refractivity contribution in [3.05, 3.63) is 58.4 Å². The van der Waals surface area contributed by atoms with Crippen molar-refractivity contribution in [1.82, 2.24) is 24.7 Å². The van der Waals surface area contributed by atoms with Gasteiger partial charge in [0.15, 0.2) is 5.82 Å². The molecule has 0 saturated carbocycles. The van der Waals surface area contributed by atoms with Crippen molar-refractivity contribution in [3.8, 4) is 5.82 Å². The monoisotopic (exact) mass is 420 g/mol. The summed E-state index contributed by atoms with van der Waals surface area (Å²) in [6.45, 7) is 6.22. The fraction of sp³-hybridized carbons (Fsp3) is 0.278. The molecule has 2 heterocycles. The fourth-order valence-electron chi connectivity index (χ4n) is 2.59. The van der Waals surface area contributed by atoms with Gasteiger partial charge in [0, 0.05) is 23.8 Å². The standard InChI is InChI=1S/C18H21ClN6O2S/c1-12-4-5-15(11-16(12)19)28(26,27)21-9-8-20-17-6-7-18(23-22-17)25-14(3)10-13(2)24-25/h4-7,10-11,21H,8-9H2,1-3H3,(H,20,22). The number of benzene rings is 1. The predicted molar refractivity (Wildman–Crippen MR) is 108 cm³/mol. The van der Waals surface area contributed by atoms with Gasteiger partial charge in [0.1, 0.15) is 5.82 Å². The number of hydrogen-bond donors (Lipinski definition) is 2. The van der Waals surface area contributed by atoms with Crippen molar-refractivity contribution in [1.29, 1.82) is 0 Å². The van der Waals surface area contributed by atoms with Gasteiger partial charge in [-0.3, -0.25) is 0 Å². The number of rotatable bonds is 7.